The van der Waals surface area contributed by atoms with Crippen molar-refractivity contribution in [2.45, 2.75) is 11.5 Å². The Kier molecular flexibility index (Phi) is 5.26. The van der Waals surface area contributed by atoms with E-state index in [4.69, 9.17) is 11.2 Å². The maximum Gasteiger partial charge on any atom is 0.236 e. The van der Waals surface area contributed by atoms with Crippen molar-refractivity contribution in [1.82, 2.24) is 0 Å². The second-order valence-corrected chi connectivity index (χ2v) is 11.7. The molecule has 0 radical (unpaired) electrons. The summed E-state index contributed by atoms with van der Waals surface area (Å²) in [6.45, 7) is 0. The van der Waals surface area contributed by atoms with Crippen LogP contribution in [-0.4, -0.2) is 9.79 Å². The Hall–Kier alpha value is -0.570. The maximum absolute atomic E-state index is 9.84. The van der Waals surface area contributed by atoms with Crippen LogP contribution < -0.4 is 0 Å². The van der Waals surface area contributed by atoms with Crippen molar-refractivity contribution in [2.24, 2.45) is 0 Å². The first-order valence-electron chi connectivity index (χ1n) is 5.86. The fourth-order valence-corrected chi connectivity index (χ4v) is 6.09. The lowest BCUT2D eigenvalue weighted by molar-refractivity contribution is 0.499. The minimum Gasteiger partial charge on any atom is -0.338 e. The normalized spacial score (nSPS) is 11.8. The van der Waals surface area contributed by atoms with Crippen molar-refractivity contribution in [3.8, 4) is 0 Å². The molecule has 0 spiro atoms. The van der Waals surface area contributed by atoms with Crippen LogP contribution in [0.15, 0.2) is 60.7 Å². The largest absolute Gasteiger partial charge is 0.338 e. The van der Waals surface area contributed by atoms with Gasteiger partial charge < -0.3 is 9.79 Å². The average Bonchev–Trinajstić information content (AvgIpc) is 2.39. The van der Waals surface area contributed by atoms with Gasteiger partial charge >= 0.3 is 0 Å². The number of benzene rings is 2. The lowest BCUT2D eigenvalue weighted by Gasteiger charge is -2.15. The van der Waals surface area contributed by atoms with Crippen LogP contribution in [0.5, 0.6) is 0 Å². The smallest absolute Gasteiger partial charge is 0.236 e. The summed E-state index contributed by atoms with van der Waals surface area (Å²) in [5.41, 5.74) is 2.16. The van der Waals surface area contributed by atoms with E-state index in [9.17, 15) is 9.79 Å². The molecule has 5 heteroatoms. The standard InChI is InChI=1S/C14H16ClO2PS/c15-18(16,17)19(11-13-7-3-1-4-8-13)12-14-9-5-2-6-10-14/h1-10,16-17H,11-12H2. The van der Waals surface area contributed by atoms with Crippen molar-refractivity contribution in [3.63, 3.8) is 0 Å². The molecule has 0 aromatic heterocycles. The number of hydrogen-bond acceptors (Lipinski definition) is 0. The third-order valence-corrected chi connectivity index (χ3v) is 9.17. The number of halogens is 1. The number of rotatable bonds is 4. The van der Waals surface area contributed by atoms with E-state index >= 15 is 0 Å². The molecule has 0 aliphatic heterocycles. The molecule has 0 saturated carbocycles. The molecule has 0 heterocycles. The fourth-order valence-electron chi connectivity index (χ4n) is 1.75. The molecule has 0 amide bonds. The summed E-state index contributed by atoms with van der Waals surface area (Å²) in [6, 6.07) is 19.6. The third-order valence-electron chi connectivity index (χ3n) is 2.68. The summed E-state index contributed by atoms with van der Waals surface area (Å²) in [4.78, 5) is 19.7. The lowest BCUT2D eigenvalue weighted by atomic mass is 10.2. The molecule has 2 rings (SSSR count). The van der Waals surface area contributed by atoms with Crippen LogP contribution in [0.25, 0.3) is 0 Å². The van der Waals surface area contributed by atoms with Crippen molar-refractivity contribution in [2.75, 3.05) is 0 Å². The third kappa shape index (κ3) is 4.79. The molecule has 2 aromatic carbocycles. The summed E-state index contributed by atoms with van der Waals surface area (Å²) in [7, 11) is -0.656. The van der Waals surface area contributed by atoms with Crippen LogP contribution in [0, 0.1) is 0 Å². The molecule has 102 valence electrons. The van der Waals surface area contributed by atoms with Crippen LogP contribution in [0.1, 0.15) is 11.1 Å². The average molecular weight is 315 g/mol. The van der Waals surface area contributed by atoms with Gasteiger partial charge in [0.25, 0.3) is 0 Å². The van der Waals surface area contributed by atoms with Crippen LogP contribution in [0.3, 0.4) is 0 Å². The summed E-state index contributed by atoms with van der Waals surface area (Å²) < 4.78 is 0. The summed E-state index contributed by atoms with van der Waals surface area (Å²) in [5.74, 6) is -2.16. The molecular weight excluding hydrogens is 299 g/mol. The minimum atomic E-state index is -3.36. The van der Waals surface area contributed by atoms with Crippen molar-refractivity contribution in [1.29, 1.82) is 0 Å². The van der Waals surface area contributed by atoms with Crippen LogP contribution >= 0.6 is 17.1 Å². The first kappa shape index (κ1) is 14.8. The van der Waals surface area contributed by atoms with Crippen LogP contribution in [-0.2, 0) is 21.6 Å². The van der Waals surface area contributed by atoms with E-state index in [0.717, 1.165) is 11.1 Å². The van der Waals surface area contributed by atoms with Crippen LogP contribution in [0.2, 0.25) is 0 Å². The van der Waals surface area contributed by atoms with Crippen molar-refractivity contribution >= 4 is 27.2 Å². The first-order chi connectivity index (χ1) is 9.05. The van der Waals surface area contributed by atoms with Gasteiger partial charge in [0.2, 0.25) is 5.84 Å². The zero-order valence-corrected chi connectivity index (χ0v) is 12.8. The van der Waals surface area contributed by atoms with Crippen molar-refractivity contribution < 1.29 is 9.79 Å². The zero-order chi connectivity index (χ0) is 13.7. The predicted molar refractivity (Wildman–Crippen MR) is 84.9 cm³/mol. The van der Waals surface area contributed by atoms with Crippen molar-refractivity contribution in [3.05, 3.63) is 71.8 Å². The maximum atomic E-state index is 9.84. The Labute approximate surface area is 120 Å². The van der Waals surface area contributed by atoms with Gasteiger partial charge in [-0.3, -0.25) is 0 Å². The Balaban J connectivity index is 2.25. The topological polar surface area (TPSA) is 40.5 Å². The van der Waals surface area contributed by atoms with Gasteiger partial charge in [-0.1, -0.05) is 60.7 Å². The highest BCUT2D eigenvalue weighted by Gasteiger charge is 2.14. The van der Waals surface area contributed by atoms with Gasteiger partial charge in [0.15, 0.2) is 0 Å². The molecule has 2 aromatic rings. The second-order valence-electron chi connectivity index (χ2n) is 4.20. The quantitative estimate of drug-likeness (QED) is 0.840. The summed E-state index contributed by atoms with van der Waals surface area (Å²) in [5, 5.41) is 0. The monoisotopic (exact) mass is 314 g/mol. The Bertz CT molecular complexity index is 529. The molecule has 2 nitrogen and oxygen atoms in total. The Morgan fingerprint density at radius 3 is 1.47 bits per heavy atom. The van der Waals surface area contributed by atoms with Gasteiger partial charge in [-0.25, -0.2) is 0 Å². The fraction of sp³-hybridized carbons (Fsp3) is 0.143. The highest BCUT2D eigenvalue weighted by Crippen LogP contribution is 2.49. The van der Waals surface area contributed by atoms with Gasteiger partial charge in [-0.05, 0) is 22.4 Å². The Morgan fingerprint density at radius 1 is 0.789 bits per heavy atom. The molecule has 0 atom stereocenters. The van der Waals surface area contributed by atoms with E-state index in [1.165, 1.54) is 0 Å². The van der Waals surface area contributed by atoms with Gasteiger partial charge in [-0.2, -0.15) is 0 Å². The minimum absolute atomic E-state index is 0.597. The highest BCUT2D eigenvalue weighted by atomic mass is 35.7. The van der Waals surface area contributed by atoms with Gasteiger partial charge in [0.05, 0.1) is 0 Å². The molecule has 2 N–H and O–H groups in total. The van der Waals surface area contributed by atoms with Gasteiger partial charge in [0, 0.05) is 11.5 Å². The van der Waals surface area contributed by atoms with E-state index in [0.29, 0.717) is 11.5 Å². The molecule has 0 unspecified atom stereocenters. The molecule has 0 bridgehead atoms. The van der Waals surface area contributed by atoms with Crippen LogP contribution in [0.4, 0.5) is 0 Å². The second kappa shape index (κ2) is 6.74. The molecular formula is C14H16ClO2PS. The van der Waals surface area contributed by atoms with E-state index in [1.807, 2.05) is 60.7 Å². The predicted octanol–water partition coefficient (Wildman–Crippen LogP) is 3.91. The molecule has 0 saturated heterocycles. The van der Waals surface area contributed by atoms with E-state index in [1.54, 1.807) is 0 Å². The lowest BCUT2D eigenvalue weighted by Crippen LogP contribution is -2.01. The van der Waals surface area contributed by atoms with E-state index < -0.39 is 15.9 Å². The van der Waals surface area contributed by atoms with E-state index in [2.05, 4.69) is 0 Å². The number of hydrogen-bond donors (Lipinski definition) is 2. The van der Waals surface area contributed by atoms with Gasteiger partial charge in [0.1, 0.15) is 0 Å². The summed E-state index contributed by atoms with van der Waals surface area (Å²) in [6.07, 6.45) is 0. The van der Waals surface area contributed by atoms with Gasteiger partial charge in [-0.15, -0.1) is 10.1 Å². The zero-order valence-electron chi connectivity index (χ0n) is 10.3. The Morgan fingerprint density at radius 2 is 1.16 bits per heavy atom. The SMILES string of the molecule is OP(O)(Cl)=S(Cc1ccccc1)Cc1ccccc1. The molecule has 0 aliphatic carbocycles. The molecule has 0 fully saturated rings. The van der Waals surface area contributed by atoms with E-state index in [-0.39, 0.29) is 0 Å². The molecule has 0 aliphatic rings. The highest BCUT2D eigenvalue weighted by molar-refractivity contribution is 8.36. The summed E-state index contributed by atoms with van der Waals surface area (Å²) >= 11 is 5.83. The molecule has 19 heavy (non-hydrogen) atoms. The first-order valence-corrected chi connectivity index (χ1v) is 10.6.